The van der Waals surface area contributed by atoms with Gasteiger partial charge in [-0.15, -0.1) is 0 Å². The Bertz CT molecular complexity index is 1030. The molecule has 0 heterocycles. The number of fused-ring (bicyclic) bond motifs is 4. The zero-order chi connectivity index (χ0) is 16.1. The predicted octanol–water partition coefficient (Wildman–Crippen LogP) is 5.07. The molecule has 4 aromatic rings. The summed E-state index contributed by atoms with van der Waals surface area (Å²) in [5.74, 6) is 0. The Kier molecular flexibility index (Phi) is 2.70. The van der Waals surface area contributed by atoms with Gasteiger partial charge in [0.15, 0.2) is 0 Å². The van der Waals surface area contributed by atoms with Crippen LogP contribution in [0, 0.1) is 0 Å². The molecule has 1 aliphatic carbocycles. The fourth-order valence-corrected chi connectivity index (χ4v) is 4.13. The second kappa shape index (κ2) is 4.80. The monoisotopic (exact) mass is 307 g/mol. The highest BCUT2D eigenvalue weighted by Crippen LogP contribution is 2.50. The first-order valence-corrected chi connectivity index (χ1v) is 8.26. The summed E-state index contributed by atoms with van der Waals surface area (Å²) in [7, 11) is 0. The lowest BCUT2D eigenvalue weighted by atomic mass is 9.79. The molecule has 5 rings (SSSR count). The summed E-state index contributed by atoms with van der Waals surface area (Å²) < 4.78 is 0. The van der Waals surface area contributed by atoms with Gasteiger partial charge < -0.3 is 5.73 Å². The highest BCUT2D eigenvalue weighted by Gasteiger charge is 2.41. The van der Waals surface area contributed by atoms with Gasteiger partial charge in [0.2, 0.25) is 0 Å². The Morgan fingerprint density at radius 3 is 1.71 bits per heavy atom. The SMILES string of the molecule is NC1(c2cccc3ccccc23)c2ccccc2-c2ccccc21. The summed E-state index contributed by atoms with van der Waals surface area (Å²) in [6.07, 6.45) is 0. The first-order chi connectivity index (χ1) is 11.8. The van der Waals surface area contributed by atoms with E-state index in [2.05, 4.69) is 91.0 Å². The highest BCUT2D eigenvalue weighted by atomic mass is 14.8. The van der Waals surface area contributed by atoms with Crippen molar-refractivity contribution in [2.24, 2.45) is 5.73 Å². The van der Waals surface area contributed by atoms with E-state index in [1.54, 1.807) is 0 Å². The van der Waals surface area contributed by atoms with Crippen LogP contribution in [0.15, 0.2) is 91.0 Å². The molecule has 1 heteroatoms. The van der Waals surface area contributed by atoms with Gasteiger partial charge in [-0.2, -0.15) is 0 Å². The van der Waals surface area contributed by atoms with E-state index in [1.807, 2.05) is 0 Å². The minimum absolute atomic E-state index is 0.617. The summed E-state index contributed by atoms with van der Waals surface area (Å²) >= 11 is 0. The van der Waals surface area contributed by atoms with Crippen molar-refractivity contribution in [2.75, 3.05) is 0 Å². The number of nitrogens with two attached hydrogens (primary N) is 1. The molecule has 0 aromatic heterocycles. The van der Waals surface area contributed by atoms with Crippen molar-refractivity contribution in [1.29, 1.82) is 0 Å². The first kappa shape index (κ1) is 13.5. The normalized spacial score (nSPS) is 14.4. The molecule has 1 nitrogen and oxygen atoms in total. The van der Waals surface area contributed by atoms with Gasteiger partial charge >= 0.3 is 0 Å². The van der Waals surface area contributed by atoms with Crippen molar-refractivity contribution in [3.05, 3.63) is 108 Å². The van der Waals surface area contributed by atoms with Crippen LogP contribution in [0.2, 0.25) is 0 Å². The van der Waals surface area contributed by atoms with Gasteiger partial charge in [-0.05, 0) is 38.6 Å². The Labute approximate surface area is 141 Å². The minimum atomic E-state index is -0.617. The van der Waals surface area contributed by atoms with Crippen molar-refractivity contribution in [3.63, 3.8) is 0 Å². The van der Waals surface area contributed by atoms with Crippen LogP contribution in [-0.2, 0) is 5.54 Å². The van der Waals surface area contributed by atoms with Gasteiger partial charge in [0, 0.05) is 0 Å². The Hall–Kier alpha value is -2.90. The topological polar surface area (TPSA) is 26.0 Å². The standard InChI is InChI=1S/C23H17N/c24-23(20-15-7-9-16-8-1-2-10-17(16)20)21-13-5-3-11-18(21)19-12-4-6-14-22(19)23/h1-15H,24H2. The Morgan fingerprint density at radius 1 is 0.500 bits per heavy atom. The molecule has 0 amide bonds. The van der Waals surface area contributed by atoms with Gasteiger partial charge in [0.05, 0.1) is 5.54 Å². The van der Waals surface area contributed by atoms with E-state index < -0.39 is 5.54 Å². The summed E-state index contributed by atoms with van der Waals surface area (Å²) in [5.41, 5.74) is 12.6. The Morgan fingerprint density at radius 2 is 1.00 bits per heavy atom. The van der Waals surface area contributed by atoms with Gasteiger partial charge in [-0.25, -0.2) is 0 Å². The maximum atomic E-state index is 7.17. The molecule has 0 bridgehead atoms. The summed E-state index contributed by atoms with van der Waals surface area (Å²) in [5, 5.41) is 2.44. The minimum Gasteiger partial charge on any atom is -0.314 e. The fraction of sp³-hybridized carbons (Fsp3) is 0.0435. The molecule has 0 spiro atoms. The van der Waals surface area contributed by atoms with Crippen LogP contribution in [0.25, 0.3) is 21.9 Å². The van der Waals surface area contributed by atoms with E-state index in [-0.39, 0.29) is 0 Å². The van der Waals surface area contributed by atoms with Crippen molar-refractivity contribution < 1.29 is 0 Å². The van der Waals surface area contributed by atoms with Crippen LogP contribution < -0.4 is 5.73 Å². The van der Waals surface area contributed by atoms with Crippen LogP contribution >= 0.6 is 0 Å². The molecule has 4 aromatic carbocycles. The van der Waals surface area contributed by atoms with Gasteiger partial charge in [0.1, 0.15) is 0 Å². The molecular formula is C23H17N. The quantitative estimate of drug-likeness (QED) is 0.522. The molecule has 114 valence electrons. The molecule has 0 fully saturated rings. The van der Waals surface area contributed by atoms with E-state index >= 15 is 0 Å². The van der Waals surface area contributed by atoms with E-state index in [1.165, 1.54) is 33.0 Å². The average molecular weight is 307 g/mol. The van der Waals surface area contributed by atoms with Gasteiger partial charge in [0.25, 0.3) is 0 Å². The van der Waals surface area contributed by atoms with E-state index in [0.29, 0.717) is 0 Å². The van der Waals surface area contributed by atoms with Crippen LogP contribution in [-0.4, -0.2) is 0 Å². The molecule has 0 radical (unpaired) electrons. The number of hydrogen-bond acceptors (Lipinski definition) is 1. The largest absolute Gasteiger partial charge is 0.314 e. The van der Waals surface area contributed by atoms with E-state index in [4.69, 9.17) is 5.73 Å². The second-order valence-electron chi connectivity index (χ2n) is 6.43. The molecule has 0 atom stereocenters. The lowest BCUT2D eigenvalue weighted by Gasteiger charge is -2.29. The lowest BCUT2D eigenvalue weighted by molar-refractivity contribution is 0.679. The second-order valence-corrected chi connectivity index (χ2v) is 6.43. The number of benzene rings is 4. The van der Waals surface area contributed by atoms with Crippen LogP contribution in [0.1, 0.15) is 16.7 Å². The summed E-state index contributed by atoms with van der Waals surface area (Å²) in [6.45, 7) is 0. The van der Waals surface area contributed by atoms with Crippen molar-refractivity contribution in [1.82, 2.24) is 0 Å². The van der Waals surface area contributed by atoms with Crippen LogP contribution in [0.4, 0.5) is 0 Å². The molecule has 0 saturated carbocycles. The van der Waals surface area contributed by atoms with E-state index in [9.17, 15) is 0 Å². The highest BCUT2D eigenvalue weighted by molar-refractivity contribution is 5.91. The summed E-state index contributed by atoms with van der Waals surface area (Å²) in [4.78, 5) is 0. The zero-order valence-corrected chi connectivity index (χ0v) is 13.2. The van der Waals surface area contributed by atoms with Crippen LogP contribution in [0.5, 0.6) is 0 Å². The predicted molar refractivity (Wildman–Crippen MR) is 99.9 cm³/mol. The molecule has 0 aliphatic heterocycles. The van der Waals surface area contributed by atoms with Gasteiger partial charge in [-0.1, -0.05) is 91.0 Å². The average Bonchev–Trinajstić information content (AvgIpc) is 2.92. The number of rotatable bonds is 1. The maximum Gasteiger partial charge on any atom is 0.0941 e. The van der Waals surface area contributed by atoms with Crippen molar-refractivity contribution in [2.45, 2.75) is 5.54 Å². The van der Waals surface area contributed by atoms with E-state index in [0.717, 1.165) is 5.56 Å². The zero-order valence-electron chi connectivity index (χ0n) is 13.2. The first-order valence-electron chi connectivity index (χ1n) is 8.26. The fourth-order valence-electron chi connectivity index (χ4n) is 4.13. The molecule has 0 unspecified atom stereocenters. The maximum absolute atomic E-state index is 7.17. The lowest BCUT2D eigenvalue weighted by Crippen LogP contribution is -2.37. The summed E-state index contributed by atoms with van der Waals surface area (Å²) in [6, 6.07) is 31.9. The molecular weight excluding hydrogens is 290 g/mol. The molecule has 2 N–H and O–H groups in total. The molecule has 1 aliphatic rings. The molecule has 24 heavy (non-hydrogen) atoms. The van der Waals surface area contributed by atoms with Crippen LogP contribution in [0.3, 0.4) is 0 Å². The molecule has 0 saturated heterocycles. The smallest absolute Gasteiger partial charge is 0.0941 e. The van der Waals surface area contributed by atoms with Crippen molar-refractivity contribution in [3.8, 4) is 11.1 Å². The third-order valence-electron chi connectivity index (χ3n) is 5.21. The van der Waals surface area contributed by atoms with Crippen molar-refractivity contribution >= 4 is 10.8 Å². The third-order valence-corrected chi connectivity index (χ3v) is 5.21. The Balaban J connectivity index is 1.93. The third kappa shape index (κ3) is 1.62. The van der Waals surface area contributed by atoms with Gasteiger partial charge in [-0.3, -0.25) is 0 Å². The number of hydrogen-bond donors (Lipinski definition) is 1.